The molecule has 0 saturated heterocycles. The van der Waals surface area contributed by atoms with E-state index in [0.717, 1.165) is 24.5 Å². The molecule has 0 aromatic heterocycles. The molecule has 0 radical (unpaired) electrons. The number of benzene rings is 1. The summed E-state index contributed by atoms with van der Waals surface area (Å²) in [6.07, 6.45) is 13.9. The van der Waals surface area contributed by atoms with Crippen LogP contribution >= 0.6 is 25.4 Å². The van der Waals surface area contributed by atoms with Gasteiger partial charge in [-0.25, -0.2) is 0 Å². The summed E-state index contributed by atoms with van der Waals surface area (Å²) in [5.41, 5.74) is 4.51. The molecule has 2 aliphatic rings. The van der Waals surface area contributed by atoms with Crippen LogP contribution in [0.2, 0.25) is 8.87 Å². The molecule has 138 valence electrons. The summed E-state index contributed by atoms with van der Waals surface area (Å²) in [7, 11) is 0. The number of unbranched alkanes of at least 4 members (excludes halogenated alkanes) is 2. The topological polar surface area (TPSA) is 28.2 Å². The Hall–Kier alpha value is 0.0587. The fraction of sp³-hybridized carbons (Fsp3) is 0.500. The van der Waals surface area contributed by atoms with Crippen LogP contribution in [0.5, 0.6) is 0 Å². The first kappa shape index (κ1) is 21.4. The van der Waals surface area contributed by atoms with Gasteiger partial charge in [0.15, 0.2) is 0 Å². The fourth-order valence-corrected chi connectivity index (χ4v) is 16.1. The second-order valence-electron chi connectivity index (χ2n) is 6.49. The first-order chi connectivity index (χ1) is 12.1. The van der Waals surface area contributed by atoms with E-state index in [1.165, 1.54) is 45.7 Å². The van der Waals surface area contributed by atoms with Crippen LogP contribution in [0, 0.1) is 0 Å². The summed E-state index contributed by atoms with van der Waals surface area (Å²) >= 11 is 6.01. The first-order valence-electron chi connectivity index (χ1n) is 9.30. The Morgan fingerprint density at radius 2 is 1.28 bits per heavy atom. The van der Waals surface area contributed by atoms with E-state index in [9.17, 15) is 0 Å². The van der Waals surface area contributed by atoms with E-state index in [1.807, 2.05) is 0 Å². The maximum atomic E-state index is 4.49. The summed E-state index contributed by atoms with van der Waals surface area (Å²) < 4.78 is 2.90. The van der Waals surface area contributed by atoms with Crippen molar-refractivity contribution in [3.8, 4) is 0 Å². The zero-order chi connectivity index (χ0) is 18.1. The standard InChI is InChI=1S/C12H10N2.2C4H9.2BrH.Sn/c1-3-9-5-6-10-4-2-8-14-12(10)11(9)13-7-1;2*1-3-4-2;;;/h1-6H,7-8H2;2*1,3-4H2,2H3;2*1H;/q-2;;;;;+2/p-2. The normalized spacial score (nSPS) is 14.6. The Labute approximate surface area is 169 Å². The predicted octanol–water partition coefficient (Wildman–Crippen LogP) is 8.57. The summed E-state index contributed by atoms with van der Waals surface area (Å²) in [6.45, 7) is 6.09. The molecule has 0 spiro atoms. The van der Waals surface area contributed by atoms with E-state index in [0.29, 0.717) is 0 Å². The number of hydrogen-bond donors (Lipinski definition) is 0. The molecule has 1 aromatic rings. The van der Waals surface area contributed by atoms with Crippen LogP contribution in [0.15, 0.2) is 24.3 Å². The van der Waals surface area contributed by atoms with E-state index >= 15 is 0 Å². The molecule has 25 heavy (non-hydrogen) atoms. The van der Waals surface area contributed by atoms with Gasteiger partial charge in [-0.2, -0.15) is 0 Å². The predicted molar refractivity (Wildman–Crippen MR) is 123 cm³/mol. The summed E-state index contributed by atoms with van der Waals surface area (Å²) in [5, 5.41) is 8.98. The molecule has 0 bridgehead atoms. The van der Waals surface area contributed by atoms with Crippen LogP contribution in [-0.2, 0) is 0 Å². The fourth-order valence-electron chi connectivity index (χ4n) is 2.86. The van der Waals surface area contributed by atoms with E-state index in [1.54, 1.807) is 0 Å². The Bertz CT molecular complexity index is 561. The average Bonchev–Trinajstić information content (AvgIpc) is 2.65. The SMILES string of the molecule is C1=Cc2ccc3c(c2[N-]C1)[N-]CC=C3.CCC[CH2][Sn]([Br])([Br])[CH2]CCC. The number of rotatable bonds is 6. The molecular weight excluding hydrogens is 547 g/mol. The second kappa shape index (κ2) is 11.0. The third-order valence-corrected chi connectivity index (χ3v) is 21.1. The quantitative estimate of drug-likeness (QED) is 0.305. The van der Waals surface area contributed by atoms with Crippen molar-refractivity contribution in [2.24, 2.45) is 0 Å². The van der Waals surface area contributed by atoms with Gasteiger partial charge in [0, 0.05) is 0 Å². The van der Waals surface area contributed by atoms with Gasteiger partial charge in [-0.15, -0.1) is 36.6 Å². The van der Waals surface area contributed by atoms with E-state index in [4.69, 9.17) is 0 Å². The molecule has 2 nitrogen and oxygen atoms in total. The van der Waals surface area contributed by atoms with Crippen molar-refractivity contribution in [2.75, 3.05) is 13.1 Å². The van der Waals surface area contributed by atoms with Crippen molar-refractivity contribution in [3.63, 3.8) is 0 Å². The van der Waals surface area contributed by atoms with Crippen molar-refractivity contribution >= 4 is 62.9 Å². The number of fused-ring (bicyclic) bond motifs is 3. The van der Waals surface area contributed by atoms with Crippen molar-refractivity contribution in [1.29, 1.82) is 0 Å². The summed E-state index contributed by atoms with van der Waals surface area (Å²) in [5.74, 6) is 0. The van der Waals surface area contributed by atoms with Crippen LogP contribution in [-0.4, -0.2) is 27.0 Å². The van der Waals surface area contributed by atoms with Crippen LogP contribution in [0.25, 0.3) is 22.8 Å². The molecule has 5 heteroatoms. The van der Waals surface area contributed by atoms with E-state index < -0.39 is 13.9 Å². The Morgan fingerprint density at radius 3 is 1.68 bits per heavy atom. The van der Waals surface area contributed by atoms with E-state index in [2.05, 4.69) is 86.3 Å². The van der Waals surface area contributed by atoms with Gasteiger partial charge in [0.1, 0.15) is 0 Å². The van der Waals surface area contributed by atoms with Gasteiger partial charge >= 0.3 is 87.7 Å². The van der Waals surface area contributed by atoms with Crippen molar-refractivity contribution in [2.45, 2.75) is 48.4 Å². The van der Waals surface area contributed by atoms with Gasteiger partial charge in [-0.1, -0.05) is 24.3 Å². The Kier molecular flexibility index (Phi) is 9.42. The first-order valence-corrected chi connectivity index (χ1v) is 26.1. The van der Waals surface area contributed by atoms with Crippen LogP contribution < -0.4 is 0 Å². The summed E-state index contributed by atoms with van der Waals surface area (Å²) in [4.78, 5) is 0. The number of halogens is 2. The van der Waals surface area contributed by atoms with Crippen molar-refractivity contribution in [3.05, 3.63) is 46.0 Å². The van der Waals surface area contributed by atoms with Crippen molar-refractivity contribution < 1.29 is 0 Å². The average molecular weight is 575 g/mol. The molecule has 3 rings (SSSR count). The molecule has 0 atom stereocenters. The molecule has 2 heterocycles. The molecular formula is C20H28Br2N2Sn-2. The van der Waals surface area contributed by atoms with Gasteiger partial charge in [0.05, 0.1) is 0 Å². The molecule has 0 saturated carbocycles. The van der Waals surface area contributed by atoms with Gasteiger partial charge in [-0.3, -0.25) is 0 Å². The Balaban J connectivity index is 0.000000188. The van der Waals surface area contributed by atoms with E-state index in [-0.39, 0.29) is 0 Å². The Morgan fingerprint density at radius 1 is 0.840 bits per heavy atom. The third-order valence-electron chi connectivity index (χ3n) is 4.31. The molecule has 1 aromatic carbocycles. The van der Waals surface area contributed by atoms with Crippen molar-refractivity contribution in [1.82, 2.24) is 0 Å². The van der Waals surface area contributed by atoms with Gasteiger partial charge in [0.25, 0.3) is 0 Å². The number of hydrogen-bond acceptors (Lipinski definition) is 0. The zero-order valence-corrected chi connectivity index (χ0v) is 21.3. The van der Waals surface area contributed by atoms with Crippen LogP contribution in [0.1, 0.15) is 50.7 Å². The minimum atomic E-state index is -1.81. The van der Waals surface area contributed by atoms with Gasteiger partial charge < -0.3 is 10.6 Å². The van der Waals surface area contributed by atoms with Gasteiger partial charge in [0.2, 0.25) is 0 Å². The summed E-state index contributed by atoms with van der Waals surface area (Å²) in [6, 6.07) is 4.22. The maximum absolute atomic E-state index is 4.49. The molecule has 0 N–H and O–H groups in total. The molecule has 0 aliphatic carbocycles. The zero-order valence-electron chi connectivity index (χ0n) is 15.3. The molecule has 2 aliphatic heterocycles. The molecule has 0 unspecified atom stereocenters. The monoisotopic (exact) mass is 574 g/mol. The molecule has 0 fully saturated rings. The van der Waals surface area contributed by atoms with Gasteiger partial charge in [-0.05, 0) is 11.1 Å². The third kappa shape index (κ3) is 6.94. The van der Waals surface area contributed by atoms with Crippen LogP contribution in [0.4, 0.5) is 11.4 Å². The second-order valence-corrected chi connectivity index (χ2v) is 41.7. The minimum absolute atomic E-state index is 0.780. The molecule has 0 amide bonds. The number of nitrogens with zero attached hydrogens (tertiary/aromatic N) is 2. The van der Waals surface area contributed by atoms with Crippen LogP contribution in [0.3, 0.4) is 0 Å².